The van der Waals surface area contributed by atoms with Gasteiger partial charge in [0, 0.05) is 59.7 Å². The van der Waals surface area contributed by atoms with Crippen molar-refractivity contribution < 1.29 is 21.8 Å². The third-order valence-electron chi connectivity index (χ3n) is 12.6. The topological polar surface area (TPSA) is 42.8 Å². The molecule has 320 valence electrons. The van der Waals surface area contributed by atoms with Crippen LogP contribution in [-0.2, 0) is 5.41 Å². The SMILES string of the molecule is [2H]c1c(C([2H])([2H])[2H])c([2H])c2c(c1[2H])c1ccc3cc1n2-c1cc(C([2H])([2H])[2H])c(cn1)-c1cccc(c1)Oc1ccc(cc1)-c1cc(C(C)(C)C)cc(-c2ccccc2)c1N1CN(c2cccc(c2)O3)c2ccccc21. The zero-order valence-electron chi connectivity index (χ0n) is 45.5. The molecular formula is C60H48N4O2. The van der Waals surface area contributed by atoms with E-state index in [0.717, 1.165) is 45.0 Å². The van der Waals surface area contributed by atoms with Crippen molar-refractivity contribution >= 4 is 44.6 Å². The summed E-state index contributed by atoms with van der Waals surface area (Å²) in [6.07, 6.45) is 1.45. The smallest absolute Gasteiger partial charge is 0.137 e. The first-order chi connectivity index (χ1) is 35.8. The van der Waals surface area contributed by atoms with Crippen molar-refractivity contribution in [2.75, 3.05) is 16.5 Å². The molecule has 0 saturated heterocycles. The summed E-state index contributed by atoms with van der Waals surface area (Å²) in [5.74, 6) is 1.97. The Kier molecular flexibility index (Phi) is 7.15. The molecule has 66 heavy (non-hydrogen) atoms. The Morgan fingerprint density at radius 2 is 1.24 bits per heavy atom. The Morgan fingerprint density at radius 3 is 2.02 bits per heavy atom. The molecule has 0 atom stereocenters. The van der Waals surface area contributed by atoms with Gasteiger partial charge in [0.25, 0.3) is 0 Å². The minimum Gasteiger partial charge on any atom is -0.457 e. The van der Waals surface area contributed by atoms with Crippen LogP contribution in [0.25, 0.3) is 61.0 Å². The standard InChI is InChI=1S/C60H48N4O2/c1-38-21-27-49-50-28-26-48-35-57(50)64(56(49)29-38)58-30-39(2)53(36-61-58)42-15-11-17-46(31-42)65-45-24-22-41(23-25-45)52-33-43(60(3,4)5)32-51(40-13-7-6-8-14-40)59(52)63-37-62(54-19-9-10-20-55(54)63)44-16-12-18-47(34-44)66-48/h6-36H,37H2,1-5H3/i1D3,2D3,21D,27D,29D. The molecule has 6 heterocycles. The molecule has 0 amide bonds. The van der Waals surface area contributed by atoms with E-state index in [1.807, 2.05) is 48.5 Å². The van der Waals surface area contributed by atoms with Gasteiger partial charge in [-0.15, -0.1) is 0 Å². The number of anilines is 4. The number of hydrogen-bond acceptors (Lipinski definition) is 5. The van der Waals surface area contributed by atoms with Crippen molar-refractivity contribution in [3.8, 4) is 62.2 Å². The lowest BCUT2D eigenvalue weighted by atomic mass is 9.82. The molecule has 0 spiro atoms. The average molecular weight is 866 g/mol. The summed E-state index contributed by atoms with van der Waals surface area (Å²) in [5, 5.41) is 0.572. The van der Waals surface area contributed by atoms with Crippen molar-refractivity contribution in [3.05, 3.63) is 205 Å². The number of aryl methyl sites for hydroxylation is 1. The third kappa shape index (κ3) is 6.76. The maximum atomic E-state index is 9.40. The lowest BCUT2D eigenvalue weighted by Gasteiger charge is -2.30. The summed E-state index contributed by atoms with van der Waals surface area (Å²) in [7, 11) is 0. The summed E-state index contributed by atoms with van der Waals surface area (Å²) in [6.45, 7) is 1.55. The van der Waals surface area contributed by atoms with Gasteiger partial charge in [0.05, 0.1) is 32.2 Å². The molecule has 6 nitrogen and oxygen atoms in total. The van der Waals surface area contributed by atoms with Crippen LogP contribution in [0.1, 0.15) is 49.8 Å². The highest BCUT2D eigenvalue weighted by Crippen LogP contribution is 2.52. The molecule has 0 fully saturated rings. The monoisotopic (exact) mass is 865 g/mol. The van der Waals surface area contributed by atoms with Gasteiger partial charge < -0.3 is 19.3 Å². The number of para-hydroxylation sites is 2. The quantitative estimate of drug-likeness (QED) is 0.164. The number of benzene rings is 8. The summed E-state index contributed by atoms with van der Waals surface area (Å²) < 4.78 is 93.7. The van der Waals surface area contributed by atoms with Gasteiger partial charge >= 0.3 is 0 Å². The summed E-state index contributed by atoms with van der Waals surface area (Å²) >= 11 is 0. The van der Waals surface area contributed by atoms with Crippen LogP contribution in [0.3, 0.4) is 0 Å². The largest absolute Gasteiger partial charge is 0.457 e. The lowest BCUT2D eigenvalue weighted by Crippen LogP contribution is -2.25. The minimum atomic E-state index is -2.91. The first-order valence-corrected chi connectivity index (χ1v) is 22.0. The molecule has 0 unspecified atom stereocenters. The fourth-order valence-corrected chi connectivity index (χ4v) is 9.34. The fraction of sp³-hybridized carbons (Fsp3) is 0.117. The Hall–Kier alpha value is -8.09. The molecule has 4 aliphatic rings. The Bertz CT molecular complexity index is 3940. The van der Waals surface area contributed by atoms with E-state index in [2.05, 4.69) is 97.3 Å². The second-order valence-electron chi connectivity index (χ2n) is 17.9. The summed E-state index contributed by atoms with van der Waals surface area (Å²) in [6, 6.07) is 51.6. The molecule has 8 aromatic carbocycles. The van der Waals surface area contributed by atoms with Crippen LogP contribution in [0, 0.1) is 13.7 Å². The van der Waals surface area contributed by atoms with E-state index in [0.29, 0.717) is 51.7 Å². The number of aromatic nitrogens is 2. The van der Waals surface area contributed by atoms with Gasteiger partial charge in [-0.2, -0.15) is 0 Å². The number of ether oxygens (including phenoxy) is 2. The Morgan fingerprint density at radius 1 is 0.561 bits per heavy atom. The van der Waals surface area contributed by atoms with Crippen LogP contribution in [0.4, 0.5) is 22.7 Å². The molecule has 0 N–H and O–H groups in total. The van der Waals surface area contributed by atoms with E-state index in [9.17, 15) is 2.74 Å². The highest BCUT2D eigenvalue weighted by Gasteiger charge is 2.33. The summed E-state index contributed by atoms with van der Waals surface area (Å²) in [4.78, 5) is 9.48. The Labute approximate surface area is 398 Å². The van der Waals surface area contributed by atoms with Crippen LogP contribution >= 0.6 is 0 Å². The van der Waals surface area contributed by atoms with E-state index in [1.54, 1.807) is 42.5 Å². The number of hydrogen-bond donors (Lipinski definition) is 0. The normalized spacial score (nSPS) is 15.4. The predicted octanol–water partition coefficient (Wildman–Crippen LogP) is 16.2. The summed E-state index contributed by atoms with van der Waals surface area (Å²) in [5.41, 5.74) is 9.61. The number of fused-ring (bicyclic) bond motifs is 5. The van der Waals surface area contributed by atoms with Gasteiger partial charge in [0.1, 0.15) is 35.5 Å². The lowest BCUT2D eigenvalue weighted by molar-refractivity contribution is 0.483. The molecule has 2 aromatic heterocycles. The maximum absolute atomic E-state index is 9.40. The number of rotatable bonds is 1. The van der Waals surface area contributed by atoms with Crippen LogP contribution in [-0.4, -0.2) is 16.2 Å². The Balaban J connectivity index is 1.11. The van der Waals surface area contributed by atoms with Crippen molar-refractivity contribution in [1.82, 2.24) is 9.55 Å². The minimum absolute atomic E-state index is 0.00401. The van der Waals surface area contributed by atoms with E-state index in [4.69, 9.17) is 24.1 Å². The van der Waals surface area contributed by atoms with Gasteiger partial charge in [0.2, 0.25) is 0 Å². The fourth-order valence-electron chi connectivity index (χ4n) is 9.34. The van der Waals surface area contributed by atoms with E-state index >= 15 is 0 Å². The van der Waals surface area contributed by atoms with E-state index in [-0.39, 0.29) is 33.7 Å². The van der Waals surface area contributed by atoms with Crippen LogP contribution in [0.15, 0.2) is 188 Å². The number of nitrogens with zero attached hydrogens (tertiary/aromatic N) is 4. The van der Waals surface area contributed by atoms with Crippen LogP contribution in [0.5, 0.6) is 23.0 Å². The zero-order chi connectivity index (χ0) is 52.3. The molecule has 14 rings (SSSR count). The van der Waals surface area contributed by atoms with Crippen LogP contribution < -0.4 is 19.3 Å². The molecule has 0 aliphatic carbocycles. The van der Waals surface area contributed by atoms with E-state index < -0.39 is 31.4 Å². The first-order valence-electron chi connectivity index (χ1n) is 26.5. The second-order valence-corrected chi connectivity index (χ2v) is 17.9. The zero-order valence-corrected chi connectivity index (χ0v) is 36.5. The van der Waals surface area contributed by atoms with Gasteiger partial charge in [0.15, 0.2) is 0 Å². The molecule has 4 aliphatic heterocycles. The van der Waals surface area contributed by atoms with Crippen molar-refractivity contribution in [3.63, 3.8) is 0 Å². The highest BCUT2D eigenvalue weighted by atomic mass is 16.5. The van der Waals surface area contributed by atoms with Crippen molar-refractivity contribution in [1.29, 1.82) is 0 Å². The van der Waals surface area contributed by atoms with Gasteiger partial charge in [-0.1, -0.05) is 106 Å². The van der Waals surface area contributed by atoms with Crippen molar-refractivity contribution in [2.45, 2.75) is 39.9 Å². The molecule has 6 heteroatoms. The van der Waals surface area contributed by atoms with E-state index in [1.165, 1.54) is 22.4 Å². The van der Waals surface area contributed by atoms with Crippen molar-refractivity contribution in [2.24, 2.45) is 0 Å². The average Bonchev–Trinajstić information content (AvgIpc) is 3.95. The molecule has 0 radical (unpaired) electrons. The molecule has 10 aromatic rings. The van der Waals surface area contributed by atoms with Gasteiger partial charge in [-0.05, 0) is 137 Å². The van der Waals surface area contributed by atoms with Gasteiger partial charge in [-0.25, -0.2) is 4.98 Å². The van der Waals surface area contributed by atoms with Gasteiger partial charge in [-0.3, -0.25) is 4.57 Å². The highest BCUT2D eigenvalue weighted by molar-refractivity contribution is 6.10. The third-order valence-corrected chi connectivity index (χ3v) is 12.6. The molecule has 0 saturated carbocycles. The maximum Gasteiger partial charge on any atom is 0.137 e. The first kappa shape index (κ1) is 30.9. The number of pyridine rings is 1. The second kappa shape index (κ2) is 15.3. The molecular weight excluding hydrogens is 809 g/mol. The molecule has 12 bridgehead atoms. The predicted molar refractivity (Wildman–Crippen MR) is 272 cm³/mol. The van der Waals surface area contributed by atoms with Crippen LogP contribution in [0.2, 0.25) is 0 Å².